The van der Waals surface area contributed by atoms with Gasteiger partial charge in [-0.1, -0.05) is 11.6 Å². The molecule has 1 N–H and O–H groups in total. The van der Waals surface area contributed by atoms with Crippen LogP contribution in [-0.2, 0) is 4.74 Å². The van der Waals surface area contributed by atoms with Crippen molar-refractivity contribution in [3.63, 3.8) is 0 Å². The Morgan fingerprint density at radius 1 is 1.42 bits per heavy atom. The average molecular weight is 282 g/mol. The molecule has 1 aromatic carbocycles. The van der Waals surface area contributed by atoms with Crippen LogP contribution in [0.15, 0.2) is 12.1 Å². The van der Waals surface area contributed by atoms with Gasteiger partial charge in [0.25, 0.3) is 0 Å². The lowest BCUT2D eigenvalue weighted by molar-refractivity contribution is 0.0520. The Kier molecular flexibility index (Phi) is 2.98. The van der Waals surface area contributed by atoms with E-state index in [1.54, 1.807) is 19.1 Å². The minimum absolute atomic E-state index is 0.324. The molecule has 0 saturated carbocycles. The highest BCUT2D eigenvalue weighted by Crippen LogP contribution is 2.42. The maximum atomic E-state index is 11.7. The van der Waals surface area contributed by atoms with E-state index in [9.17, 15) is 4.79 Å². The highest BCUT2D eigenvalue weighted by atomic mass is 35.5. The number of nitrogens with one attached hydrogen (secondary N) is 1. The van der Waals surface area contributed by atoms with Gasteiger partial charge in [0.1, 0.15) is 18.9 Å². The smallest absolute Gasteiger partial charge is 0.354 e. The minimum Gasteiger partial charge on any atom is -0.486 e. The van der Waals surface area contributed by atoms with Crippen LogP contribution in [0.25, 0.3) is 10.9 Å². The van der Waals surface area contributed by atoms with Gasteiger partial charge in [0.2, 0.25) is 0 Å². The number of carbonyl (C=O) groups is 1. The van der Waals surface area contributed by atoms with Crippen LogP contribution < -0.4 is 9.47 Å². The van der Waals surface area contributed by atoms with Gasteiger partial charge in [0.05, 0.1) is 17.1 Å². The zero-order valence-corrected chi connectivity index (χ0v) is 11.0. The van der Waals surface area contributed by atoms with Crippen LogP contribution in [0.5, 0.6) is 11.5 Å². The largest absolute Gasteiger partial charge is 0.486 e. The molecule has 0 radical (unpaired) electrons. The van der Waals surface area contributed by atoms with Gasteiger partial charge in [-0.3, -0.25) is 0 Å². The summed E-state index contributed by atoms with van der Waals surface area (Å²) in [6, 6.07) is 3.44. The molecule has 0 saturated heterocycles. The van der Waals surface area contributed by atoms with E-state index in [-0.39, 0.29) is 0 Å². The van der Waals surface area contributed by atoms with Crippen molar-refractivity contribution >= 4 is 28.5 Å². The van der Waals surface area contributed by atoms with Crippen LogP contribution in [-0.4, -0.2) is 30.8 Å². The van der Waals surface area contributed by atoms with Gasteiger partial charge < -0.3 is 19.2 Å². The number of aromatic amines is 1. The third kappa shape index (κ3) is 2.00. The van der Waals surface area contributed by atoms with Crippen LogP contribution in [0.3, 0.4) is 0 Å². The molecule has 1 aliphatic rings. The summed E-state index contributed by atoms with van der Waals surface area (Å²) in [4.78, 5) is 14.7. The Labute approximate surface area is 114 Å². The first-order valence-corrected chi connectivity index (χ1v) is 6.36. The van der Waals surface area contributed by atoms with Crippen molar-refractivity contribution in [2.75, 3.05) is 19.8 Å². The Morgan fingerprint density at radius 3 is 3.00 bits per heavy atom. The number of fused-ring (bicyclic) bond motifs is 2. The lowest BCUT2D eigenvalue weighted by Crippen LogP contribution is -2.15. The van der Waals surface area contributed by atoms with Crippen LogP contribution in [0.4, 0.5) is 0 Å². The molecule has 0 atom stereocenters. The van der Waals surface area contributed by atoms with Crippen molar-refractivity contribution in [2.24, 2.45) is 0 Å². The van der Waals surface area contributed by atoms with Crippen LogP contribution >= 0.6 is 11.6 Å². The molecule has 6 heteroatoms. The maximum Gasteiger partial charge on any atom is 0.354 e. The topological polar surface area (TPSA) is 60.6 Å². The molecule has 2 aromatic rings. The summed E-state index contributed by atoms with van der Waals surface area (Å²) < 4.78 is 15.9. The van der Waals surface area contributed by atoms with Gasteiger partial charge in [0, 0.05) is 11.5 Å². The lowest BCUT2D eigenvalue weighted by atomic mass is 10.2. The van der Waals surface area contributed by atoms with Crippen molar-refractivity contribution in [1.82, 2.24) is 4.98 Å². The highest BCUT2D eigenvalue weighted by Gasteiger charge is 2.21. The number of rotatable bonds is 2. The zero-order valence-electron chi connectivity index (χ0n) is 10.3. The standard InChI is InChI=1S/C13H12ClNO4/c1-2-17-13(16)9-5-7-8(15-9)6-10-12(11(7)14)19-4-3-18-10/h5-6,15H,2-4H2,1H3. The van der Waals surface area contributed by atoms with Crippen LogP contribution in [0.1, 0.15) is 17.4 Å². The van der Waals surface area contributed by atoms with E-state index in [1.807, 2.05) is 0 Å². The van der Waals surface area contributed by atoms with Crippen molar-refractivity contribution in [3.05, 3.63) is 22.8 Å². The molecule has 3 rings (SSSR count). The number of hydrogen-bond donors (Lipinski definition) is 1. The van der Waals surface area contributed by atoms with Crippen molar-refractivity contribution < 1.29 is 19.0 Å². The molecule has 19 heavy (non-hydrogen) atoms. The first-order chi connectivity index (χ1) is 9.20. The summed E-state index contributed by atoms with van der Waals surface area (Å²) in [5, 5.41) is 1.16. The number of ether oxygens (including phenoxy) is 3. The second-order valence-corrected chi connectivity index (χ2v) is 4.46. The van der Waals surface area contributed by atoms with E-state index in [2.05, 4.69) is 4.98 Å². The molecule has 2 heterocycles. The first-order valence-electron chi connectivity index (χ1n) is 5.98. The average Bonchev–Trinajstić information content (AvgIpc) is 2.84. The molecule has 100 valence electrons. The van der Waals surface area contributed by atoms with Gasteiger partial charge in [-0.25, -0.2) is 4.79 Å². The van der Waals surface area contributed by atoms with Crippen molar-refractivity contribution in [2.45, 2.75) is 6.92 Å². The number of hydrogen-bond acceptors (Lipinski definition) is 4. The fraction of sp³-hybridized carbons (Fsp3) is 0.308. The number of halogens is 1. The van der Waals surface area contributed by atoms with E-state index in [1.165, 1.54) is 0 Å². The SMILES string of the molecule is CCOC(=O)c1cc2c(Cl)c3c(cc2[nH]1)OCCO3. The molecule has 0 spiro atoms. The van der Waals surface area contributed by atoms with Gasteiger partial charge >= 0.3 is 5.97 Å². The molecule has 1 aliphatic heterocycles. The van der Waals surface area contributed by atoms with E-state index >= 15 is 0 Å². The second kappa shape index (κ2) is 4.66. The normalized spacial score (nSPS) is 13.6. The Hall–Kier alpha value is -1.88. The summed E-state index contributed by atoms with van der Waals surface area (Å²) in [6.07, 6.45) is 0. The van der Waals surface area contributed by atoms with Gasteiger partial charge in [-0.2, -0.15) is 0 Å². The molecule has 0 unspecified atom stereocenters. The van der Waals surface area contributed by atoms with E-state index < -0.39 is 5.97 Å². The van der Waals surface area contributed by atoms with Crippen molar-refractivity contribution in [1.29, 1.82) is 0 Å². The molecular formula is C13H12ClNO4. The predicted octanol–water partition coefficient (Wildman–Crippen LogP) is 2.77. The first kappa shape index (κ1) is 12.2. The lowest BCUT2D eigenvalue weighted by Gasteiger charge is -2.19. The number of carbonyl (C=O) groups excluding carboxylic acids is 1. The van der Waals surface area contributed by atoms with E-state index in [0.29, 0.717) is 47.4 Å². The molecule has 0 fully saturated rings. The van der Waals surface area contributed by atoms with Gasteiger partial charge in [-0.15, -0.1) is 0 Å². The third-order valence-corrected chi connectivity index (χ3v) is 3.24. The van der Waals surface area contributed by atoms with E-state index in [0.717, 1.165) is 5.52 Å². The molecule has 0 bridgehead atoms. The quantitative estimate of drug-likeness (QED) is 0.860. The Balaban J connectivity index is 2.12. The van der Waals surface area contributed by atoms with Crippen LogP contribution in [0.2, 0.25) is 5.02 Å². The summed E-state index contributed by atoms with van der Waals surface area (Å²) in [6.45, 7) is 3.03. The molecule has 0 amide bonds. The third-order valence-electron chi connectivity index (χ3n) is 2.87. The fourth-order valence-electron chi connectivity index (χ4n) is 2.05. The molecule has 5 nitrogen and oxygen atoms in total. The minimum atomic E-state index is -0.408. The zero-order chi connectivity index (χ0) is 13.4. The summed E-state index contributed by atoms with van der Waals surface area (Å²) in [5.41, 5.74) is 1.08. The molecular weight excluding hydrogens is 270 g/mol. The second-order valence-electron chi connectivity index (χ2n) is 4.08. The Bertz CT molecular complexity index is 650. The summed E-state index contributed by atoms with van der Waals surface area (Å²) in [5.74, 6) is 0.699. The Morgan fingerprint density at radius 2 is 2.21 bits per heavy atom. The number of benzene rings is 1. The maximum absolute atomic E-state index is 11.7. The predicted molar refractivity (Wildman–Crippen MR) is 70.3 cm³/mol. The summed E-state index contributed by atoms with van der Waals surface area (Å²) >= 11 is 6.28. The molecule has 1 aromatic heterocycles. The monoisotopic (exact) mass is 281 g/mol. The highest BCUT2D eigenvalue weighted by molar-refractivity contribution is 6.37. The number of aromatic nitrogens is 1. The van der Waals surface area contributed by atoms with Crippen molar-refractivity contribution in [3.8, 4) is 11.5 Å². The van der Waals surface area contributed by atoms with Gasteiger partial charge in [-0.05, 0) is 13.0 Å². The van der Waals surface area contributed by atoms with Crippen LogP contribution in [0, 0.1) is 0 Å². The number of H-pyrrole nitrogens is 1. The fourth-order valence-corrected chi connectivity index (χ4v) is 2.35. The molecule has 0 aliphatic carbocycles. The summed E-state index contributed by atoms with van der Waals surface area (Å²) in [7, 11) is 0. The van der Waals surface area contributed by atoms with E-state index in [4.69, 9.17) is 25.8 Å². The van der Waals surface area contributed by atoms with Gasteiger partial charge in [0.15, 0.2) is 11.5 Å². The number of esters is 1.